The Bertz CT molecular complexity index is 1220. The van der Waals surface area contributed by atoms with Crippen molar-refractivity contribution in [2.75, 3.05) is 0 Å². The molecule has 0 saturated heterocycles. The van der Waals surface area contributed by atoms with Gasteiger partial charge in [-0.2, -0.15) is 25.5 Å². The van der Waals surface area contributed by atoms with Gasteiger partial charge in [-0.05, 0) is 48.9 Å². The molecule has 3 aromatic rings. The van der Waals surface area contributed by atoms with Crippen LogP contribution in [0.5, 0.6) is 5.75 Å². The average Bonchev–Trinajstić information content (AvgIpc) is 3.07. The lowest BCUT2D eigenvalue weighted by Gasteiger charge is -2.24. The molecule has 8 nitrogen and oxygen atoms in total. The Morgan fingerprint density at radius 3 is 2.47 bits per heavy atom. The van der Waals surface area contributed by atoms with Gasteiger partial charge in [0.1, 0.15) is 22.2 Å². The van der Waals surface area contributed by atoms with E-state index in [9.17, 15) is 23.2 Å². The molecule has 30 heavy (non-hydrogen) atoms. The van der Waals surface area contributed by atoms with Gasteiger partial charge in [0.15, 0.2) is 0 Å². The quantitative estimate of drug-likeness (QED) is 0.683. The number of nitrogens with zero attached hydrogens (tertiary/aromatic N) is 5. The molecule has 152 valence electrons. The van der Waals surface area contributed by atoms with Gasteiger partial charge in [0.2, 0.25) is 5.91 Å². The van der Waals surface area contributed by atoms with Crippen molar-refractivity contribution in [3.63, 3.8) is 0 Å². The van der Waals surface area contributed by atoms with Crippen molar-refractivity contribution in [2.45, 2.75) is 25.2 Å². The minimum Gasteiger partial charge on any atom is -0.406 e. The first-order chi connectivity index (χ1) is 14.0. The molecule has 0 aliphatic heterocycles. The average molecular weight is 414 g/mol. The van der Waals surface area contributed by atoms with Crippen molar-refractivity contribution in [1.29, 1.82) is 10.5 Å². The highest BCUT2D eigenvalue weighted by atomic mass is 19.4. The zero-order valence-electron chi connectivity index (χ0n) is 15.4. The second-order valence-corrected chi connectivity index (χ2v) is 6.61. The van der Waals surface area contributed by atoms with E-state index in [0.717, 1.165) is 18.2 Å². The van der Waals surface area contributed by atoms with Gasteiger partial charge in [0.25, 0.3) is 0 Å². The standard InChI is InChI=1S/C19H13F3N6O2/c1-18(9-24,10-28-26-15-5-2-11(8-23)6-16(15)27-28)14-7-12(30-19(20,21)22)3-4-13(14)17(25)29/h2-7H,10H2,1H3,(H2,25,29). The Balaban J connectivity index is 2.06. The largest absolute Gasteiger partial charge is 0.573 e. The highest BCUT2D eigenvalue weighted by Crippen LogP contribution is 2.33. The molecule has 1 amide bonds. The molecule has 0 spiro atoms. The van der Waals surface area contributed by atoms with E-state index in [-0.39, 0.29) is 17.7 Å². The van der Waals surface area contributed by atoms with E-state index in [1.165, 1.54) is 17.8 Å². The van der Waals surface area contributed by atoms with Crippen LogP contribution in [-0.2, 0) is 12.0 Å². The number of nitriles is 2. The zero-order valence-corrected chi connectivity index (χ0v) is 15.4. The Morgan fingerprint density at radius 1 is 1.17 bits per heavy atom. The minimum atomic E-state index is -4.95. The zero-order chi connectivity index (χ0) is 22.1. The van der Waals surface area contributed by atoms with Gasteiger partial charge in [-0.3, -0.25) is 4.79 Å². The first-order valence-electron chi connectivity index (χ1n) is 8.41. The topological polar surface area (TPSA) is 131 Å². The van der Waals surface area contributed by atoms with Crippen LogP contribution in [0.4, 0.5) is 13.2 Å². The first-order valence-corrected chi connectivity index (χ1v) is 8.41. The summed E-state index contributed by atoms with van der Waals surface area (Å²) in [6.07, 6.45) is -4.95. The highest BCUT2D eigenvalue weighted by molar-refractivity contribution is 5.95. The van der Waals surface area contributed by atoms with Crippen LogP contribution in [0, 0.1) is 22.7 Å². The summed E-state index contributed by atoms with van der Waals surface area (Å²) in [5.41, 5.74) is 4.86. The number of ether oxygens (including phenoxy) is 1. The summed E-state index contributed by atoms with van der Waals surface area (Å²) in [6, 6.07) is 11.6. The highest BCUT2D eigenvalue weighted by Gasteiger charge is 2.35. The van der Waals surface area contributed by atoms with Gasteiger partial charge in [-0.25, -0.2) is 0 Å². The van der Waals surface area contributed by atoms with Crippen LogP contribution < -0.4 is 10.5 Å². The Hall–Kier alpha value is -4.12. The Labute approximate surface area is 167 Å². The molecule has 0 bridgehead atoms. The molecule has 2 aromatic carbocycles. The SMILES string of the molecule is CC(C#N)(Cn1nc2ccc(C#N)cc2n1)c1cc(OC(F)(F)F)ccc1C(N)=O. The monoisotopic (exact) mass is 414 g/mol. The number of carbonyl (C=O) groups excluding carboxylic acids is 1. The van der Waals surface area contributed by atoms with E-state index in [1.807, 2.05) is 12.1 Å². The fourth-order valence-electron chi connectivity index (χ4n) is 2.95. The molecule has 1 unspecified atom stereocenters. The first kappa shape index (κ1) is 20.6. The number of alkyl halides is 3. The van der Waals surface area contributed by atoms with E-state index in [0.29, 0.717) is 16.6 Å². The third kappa shape index (κ3) is 4.15. The molecule has 1 atom stereocenters. The number of aromatic nitrogens is 3. The second kappa shape index (κ2) is 7.37. The number of amides is 1. The van der Waals surface area contributed by atoms with Gasteiger partial charge >= 0.3 is 6.36 Å². The smallest absolute Gasteiger partial charge is 0.406 e. The number of rotatable bonds is 5. The molecular formula is C19H13F3N6O2. The number of hydrogen-bond acceptors (Lipinski definition) is 6. The molecular weight excluding hydrogens is 401 g/mol. The van der Waals surface area contributed by atoms with Crippen molar-refractivity contribution < 1.29 is 22.7 Å². The number of carbonyl (C=O) groups is 1. The summed E-state index contributed by atoms with van der Waals surface area (Å²) in [5, 5.41) is 27.2. The van der Waals surface area contributed by atoms with Crippen molar-refractivity contribution >= 4 is 16.9 Å². The Morgan fingerprint density at radius 2 is 1.87 bits per heavy atom. The summed E-state index contributed by atoms with van der Waals surface area (Å²) >= 11 is 0. The number of fused-ring (bicyclic) bond motifs is 1. The van der Waals surface area contributed by atoms with E-state index in [1.54, 1.807) is 12.1 Å². The Kier molecular flexibility index (Phi) is 5.06. The molecule has 3 rings (SSSR count). The van der Waals surface area contributed by atoms with Crippen molar-refractivity contribution in [3.8, 4) is 17.9 Å². The maximum Gasteiger partial charge on any atom is 0.573 e. The molecule has 11 heteroatoms. The van der Waals surface area contributed by atoms with Crippen LogP contribution in [0.1, 0.15) is 28.4 Å². The van der Waals surface area contributed by atoms with Gasteiger partial charge in [-0.15, -0.1) is 13.2 Å². The number of nitrogens with two attached hydrogens (primary N) is 1. The molecule has 0 radical (unpaired) electrons. The van der Waals surface area contributed by atoms with Crippen LogP contribution in [0.2, 0.25) is 0 Å². The van der Waals surface area contributed by atoms with Crippen LogP contribution in [-0.4, -0.2) is 27.3 Å². The van der Waals surface area contributed by atoms with Gasteiger partial charge in [-0.1, -0.05) is 0 Å². The summed E-state index contributed by atoms with van der Waals surface area (Å²) in [5.74, 6) is -1.51. The van der Waals surface area contributed by atoms with Crippen LogP contribution in [0.25, 0.3) is 11.0 Å². The van der Waals surface area contributed by atoms with Crippen molar-refractivity contribution in [1.82, 2.24) is 15.0 Å². The van der Waals surface area contributed by atoms with E-state index in [4.69, 9.17) is 11.0 Å². The van der Waals surface area contributed by atoms with Crippen LogP contribution in [0.3, 0.4) is 0 Å². The number of primary amides is 1. The van der Waals surface area contributed by atoms with Gasteiger partial charge < -0.3 is 10.5 Å². The molecule has 0 aliphatic carbocycles. The normalized spacial score (nSPS) is 13.3. The second-order valence-electron chi connectivity index (χ2n) is 6.61. The van der Waals surface area contributed by atoms with E-state index < -0.39 is 23.4 Å². The number of hydrogen-bond donors (Lipinski definition) is 1. The maximum atomic E-state index is 12.6. The summed E-state index contributed by atoms with van der Waals surface area (Å²) < 4.78 is 41.7. The van der Waals surface area contributed by atoms with Crippen LogP contribution in [0.15, 0.2) is 36.4 Å². The molecule has 2 N–H and O–H groups in total. The van der Waals surface area contributed by atoms with E-state index in [2.05, 4.69) is 14.9 Å². The molecule has 1 heterocycles. The predicted molar refractivity (Wildman–Crippen MR) is 96.9 cm³/mol. The minimum absolute atomic E-state index is 0.0571. The number of halogens is 3. The summed E-state index contributed by atoms with van der Waals surface area (Å²) in [4.78, 5) is 13.0. The van der Waals surface area contributed by atoms with Gasteiger partial charge in [0.05, 0.1) is 24.2 Å². The number of benzene rings is 2. The summed E-state index contributed by atoms with van der Waals surface area (Å²) in [6.45, 7) is 1.22. The molecule has 0 aliphatic rings. The van der Waals surface area contributed by atoms with Crippen LogP contribution >= 0.6 is 0 Å². The molecule has 0 fully saturated rings. The van der Waals surface area contributed by atoms with Crippen molar-refractivity contribution in [3.05, 3.63) is 53.1 Å². The summed E-state index contributed by atoms with van der Waals surface area (Å²) in [7, 11) is 0. The lowest BCUT2D eigenvalue weighted by Crippen LogP contribution is -2.31. The predicted octanol–water partition coefficient (Wildman–Crippen LogP) is 2.78. The molecule has 1 aromatic heterocycles. The lowest BCUT2D eigenvalue weighted by atomic mass is 9.81. The lowest BCUT2D eigenvalue weighted by molar-refractivity contribution is -0.274. The van der Waals surface area contributed by atoms with Crippen molar-refractivity contribution in [2.24, 2.45) is 5.73 Å². The molecule has 0 saturated carbocycles. The van der Waals surface area contributed by atoms with E-state index >= 15 is 0 Å². The fraction of sp³-hybridized carbons (Fsp3) is 0.211. The van der Waals surface area contributed by atoms with Gasteiger partial charge in [0, 0.05) is 5.56 Å². The third-order valence-electron chi connectivity index (χ3n) is 4.34. The fourth-order valence-corrected chi connectivity index (χ4v) is 2.95. The third-order valence-corrected chi connectivity index (χ3v) is 4.34. The maximum absolute atomic E-state index is 12.6.